The molecule has 0 unspecified atom stereocenters. The highest BCUT2D eigenvalue weighted by Gasteiger charge is 1.97. The van der Waals surface area contributed by atoms with E-state index in [0.717, 1.165) is 23.0 Å². The van der Waals surface area contributed by atoms with Crippen LogP contribution in [0.2, 0.25) is 0 Å². The summed E-state index contributed by atoms with van der Waals surface area (Å²) in [6.07, 6.45) is 3.99. The summed E-state index contributed by atoms with van der Waals surface area (Å²) in [5.74, 6) is 0. The summed E-state index contributed by atoms with van der Waals surface area (Å²) in [4.78, 5) is 10.2. The number of allylic oxidation sites excluding steroid dienone is 1. The molecular formula is C16H11NO. The lowest BCUT2D eigenvalue weighted by atomic mass is 10.0. The number of rotatable bonds is 3. The zero-order valence-corrected chi connectivity index (χ0v) is 9.71. The summed E-state index contributed by atoms with van der Waals surface area (Å²) in [7, 11) is 0. The molecule has 0 N–H and O–H groups in total. The maximum atomic E-state index is 10.2. The maximum Gasteiger partial charge on any atom is 0.142 e. The Hall–Kier alpha value is -2.66. The second-order valence-corrected chi connectivity index (χ2v) is 3.81. The van der Waals surface area contributed by atoms with Gasteiger partial charge in [-0.2, -0.15) is 5.26 Å². The number of aldehydes is 1. The van der Waals surface area contributed by atoms with E-state index < -0.39 is 0 Å². The van der Waals surface area contributed by atoms with Crippen LogP contribution in [0.4, 0.5) is 0 Å². The van der Waals surface area contributed by atoms with Crippen molar-refractivity contribution < 1.29 is 4.79 Å². The zero-order valence-electron chi connectivity index (χ0n) is 9.71. The standard InChI is InChI=1S/C16H11NO/c17-12-14-5-9-16(10-6-14)15-7-3-13(4-8-15)2-1-11-18/h1-11H/b2-1+. The van der Waals surface area contributed by atoms with Gasteiger partial charge in [0.15, 0.2) is 0 Å². The Kier molecular flexibility index (Phi) is 3.68. The fourth-order valence-corrected chi connectivity index (χ4v) is 1.67. The Bertz CT molecular complexity index is 601. The van der Waals surface area contributed by atoms with Crippen LogP contribution >= 0.6 is 0 Å². The number of carbonyl (C=O) groups excluding carboxylic acids is 1. The lowest BCUT2D eigenvalue weighted by molar-refractivity contribution is -0.104. The van der Waals surface area contributed by atoms with Gasteiger partial charge in [-0.15, -0.1) is 0 Å². The Morgan fingerprint density at radius 1 is 0.889 bits per heavy atom. The van der Waals surface area contributed by atoms with E-state index >= 15 is 0 Å². The molecule has 2 nitrogen and oxygen atoms in total. The molecule has 18 heavy (non-hydrogen) atoms. The van der Waals surface area contributed by atoms with E-state index in [1.165, 1.54) is 6.08 Å². The fourth-order valence-electron chi connectivity index (χ4n) is 1.67. The summed E-state index contributed by atoms with van der Waals surface area (Å²) < 4.78 is 0. The van der Waals surface area contributed by atoms with Crippen molar-refractivity contribution in [3.63, 3.8) is 0 Å². The van der Waals surface area contributed by atoms with Crippen molar-refractivity contribution in [3.8, 4) is 17.2 Å². The predicted molar refractivity (Wildman–Crippen MR) is 71.7 cm³/mol. The quantitative estimate of drug-likeness (QED) is 0.602. The Morgan fingerprint density at radius 2 is 1.44 bits per heavy atom. The smallest absolute Gasteiger partial charge is 0.142 e. The highest BCUT2D eigenvalue weighted by molar-refractivity contribution is 5.74. The molecule has 0 saturated heterocycles. The summed E-state index contributed by atoms with van der Waals surface area (Å²) in [5, 5.41) is 8.73. The minimum atomic E-state index is 0.657. The van der Waals surface area contributed by atoms with Gasteiger partial charge in [0.2, 0.25) is 0 Å². The first-order valence-electron chi connectivity index (χ1n) is 5.56. The molecule has 0 bridgehead atoms. The molecule has 0 aliphatic carbocycles. The SMILES string of the molecule is N#Cc1ccc(-c2ccc(/C=C/C=O)cc2)cc1. The molecule has 2 aromatic carbocycles. The van der Waals surface area contributed by atoms with Crippen molar-refractivity contribution in [2.24, 2.45) is 0 Å². The summed E-state index contributed by atoms with van der Waals surface area (Å²) >= 11 is 0. The Labute approximate surface area is 106 Å². The van der Waals surface area contributed by atoms with Gasteiger partial charge in [0.1, 0.15) is 6.29 Å². The summed E-state index contributed by atoms with van der Waals surface area (Å²) in [5.41, 5.74) is 3.80. The summed E-state index contributed by atoms with van der Waals surface area (Å²) in [6.45, 7) is 0. The number of nitriles is 1. The van der Waals surface area contributed by atoms with E-state index in [2.05, 4.69) is 6.07 Å². The molecule has 0 saturated carbocycles. The van der Waals surface area contributed by atoms with Crippen LogP contribution in [0.5, 0.6) is 0 Å². The normalized spacial score (nSPS) is 10.2. The van der Waals surface area contributed by atoms with Crippen LogP contribution in [0, 0.1) is 11.3 Å². The van der Waals surface area contributed by atoms with Gasteiger partial charge in [-0.3, -0.25) is 4.79 Å². The van der Waals surface area contributed by atoms with E-state index in [0.29, 0.717) is 5.56 Å². The van der Waals surface area contributed by atoms with Gasteiger partial charge < -0.3 is 0 Å². The Balaban J connectivity index is 2.25. The molecule has 0 amide bonds. The monoisotopic (exact) mass is 233 g/mol. The fraction of sp³-hybridized carbons (Fsp3) is 0. The molecule has 0 aliphatic rings. The van der Waals surface area contributed by atoms with Gasteiger partial charge in [0.05, 0.1) is 11.6 Å². The molecule has 0 heterocycles. The molecule has 2 heteroatoms. The number of hydrogen-bond donors (Lipinski definition) is 0. The average Bonchev–Trinajstić information content (AvgIpc) is 2.46. The molecule has 0 aliphatic heterocycles. The zero-order chi connectivity index (χ0) is 12.8. The number of benzene rings is 2. The van der Waals surface area contributed by atoms with E-state index in [4.69, 9.17) is 5.26 Å². The van der Waals surface area contributed by atoms with E-state index in [9.17, 15) is 4.79 Å². The minimum Gasteiger partial charge on any atom is -0.299 e. The Morgan fingerprint density at radius 3 is 1.94 bits per heavy atom. The molecule has 0 radical (unpaired) electrons. The third-order valence-corrected chi connectivity index (χ3v) is 2.63. The predicted octanol–water partition coefficient (Wildman–Crippen LogP) is 3.44. The van der Waals surface area contributed by atoms with Crippen LogP contribution < -0.4 is 0 Å². The summed E-state index contributed by atoms with van der Waals surface area (Å²) in [6, 6.07) is 17.4. The highest BCUT2D eigenvalue weighted by Crippen LogP contribution is 2.20. The highest BCUT2D eigenvalue weighted by atomic mass is 16.1. The lowest BCUT2D eigenvalue weighted by Crippen LogP contribution is -1.80. The number of hydrogen-bond acceptors (Lipinski definition) is 2. The molecule has 0 atom stereocenters. The van der Waals surface area contributed by atoms with Crippen molar-refractivity contribution in [3.05, 3.63) is 65.7 Å². The first-order valence-corrected chi connectivity index (χ1v) is 5.56. The number of carbonyl (C=O) groups is 1. The second kappa shape index (κ2) is 5.60. The van der Waals surface area contributed by atoms with Gasteiger partial charge in [-0.1, -0.05) is 42.5 Å². The maximum absolute atomic E-state index is 10.2. The average molecular weight is 233 g/mol. The second-order valence-electron chi connectivity index (χ2n) is 3.81. The molecule has 0 fully saturated rings. The van der Waals surface area contributed by atoms with Crippen molar-refractivity contribution >= 4 is 12.4 Å². The van der Waals surface area contributed by atoms with Crippen LogP contribution in [0.25, 0.3) is 17.2 Å². The van der Waals surface area contributed by atoms with Crippen LogP contribution in [-0.4, -0.2) is 6.29 Å². The van der Waals surface area contributed by atoms with Crippen molar-refractivity contribution in [2.75, 3.05) is 0 Å². The van der Waals surface area contributed by atoms with Crippen LogP contribution in [0.1, 0.15) is 11.1 Å². The lowest BCUT2D eigenvalue weighted by Gasteiger charge is -2.02. The molecule has 86 valence electrons. The van der Waals surface area contributed by atoms with Crippen LogP contribution in [0.15, 0.2) is 54.6 Å². The van der Waals surface area contributed by atoms with Crippen molar-refractivity contribution in [1.82, 2.24) is 0 Å². The van der Waals surface area contributed by atoms with Gasteiger partial charge >= 0.3 is 0 Å². The van der Waals surface area contributed by atoms with Gasteiger partial charge in [-0.25, -0.2) is 0 Å². The van der Waals surface area contributed by atoms with Gasteiger partial charge in [0, 0.05) is 0 Å². The van der Waals surface area contributed by atoms with E-state index in [1.54, 1.807) is 18.2 Å². The molecule has 2 aromatic rings. The van der Waals surface area contributed by atoms with Crippen molar-refractivity contribution in [1.29, 1.82) is 5.26 Å². The van der Waals surface area contributed by atoms with Crippen LogP contribution in [-0.2, 0) is 4.79 Å². The molecule has 0 spiro atoms. The minimum absolute atomic E-state index is 0.657. The van der Waals surface area contributed by atoms with Crippen molar-refractivity contribution in [2.45, 2.75) is 0 Å². The third-order valence-electron chi connectivity index (χ3n) is 2.63. The molecule has 0 aromatic heterocycles. The third kappa shape index (κ3) is 2.72. The van der Waals surface area contributed by atoms with E-state index in [-0.39, 0.29) is 0 Å². The molecule has 2 rings (SSSR count). The molecular weight excluding hydrogens is 222 g/mol. The van der Waals surface area contributed by atoms with Gasteiger partial charge in [0.25, 0.3) is 0 Å². The van der Waals surface area contributed by atoms with Gasteiger partial charge in [-0.05, 0) is 34.9 Å². The first kappa shape index (κ1) is 11.8. The first-order chi connectivity index (χ1) is 8.83. The number of nitrogens with zero attached hydrogens (tertiary/aromatic N) is 1. The van der Waals surface area contributed by atoms with Crippen LogP contribution in [0.3, 0.4) is 0 Å². The largest absolute Gasteiger partial charge is 0.299 e. The topological polar surface area (TPSA) is 40.9 Å². The van der Waals surface area contributed by atoms with E-state index in [1.807, 2.05) is 36.4 Å².